The lowest BCUT2D eigenvalue weighted by Gasteiger charge is -2.34. The number of hydrogen-bond donors (Lipinski definition) is 2. The second-order valence-corrected chi connectivity index (χ2v) is 5.87. The SMILES string of the molecule is CC/C(=N\O)c1cc2c(cc1CC)C(C)(C)CCN2. The second-order valence-electron chi connectivity index (χ2n) is 5.87. The number of aryl methyl sites for hydroxylation is 1. The molecular formula is C16H24N2O. The first kappa shape index (κ1) is 13.9. The summed E-state index contributed by atoms with van der Waals surface area (Å²) in [6, 6.07) is 4.45. The van der Waals surface area contributed by atoms with Crippen molar-refractivity contribution >= 4 is 11.4 Å². The zero-order valence-electron chi connectivity index (χ0n) is 12.4. The minimum absolute atomic E-state index is 0.214. The van der Waals surface area contributed by atoms with Gasteiger partial charge in [0.05, 0.1) is 5.71 Å². The maximum atomic E-state index is 9.17. The number of oxime groups is 1. The molecule has 0 saturated carbocycles. The first-order valence-corrected chi connectivity index (χ1v) is 7.16. The molecule has 3 nitrogen and oxygen atoms in total. The van der Waals surface area contributed by atoms with Crippen LogP contribution in [0.2, 0.25) is 0 Å². The van der Waals surface area contributed by atoms with E-state index in [4.69, 9.17) is 0 Å². The summed E-state index contributed by atoms with van der Waals surface area (Å²) in [4.78, 5) is 0. The van der Waals surface area contributed by atoms with Crippen LogP contribution in [0.3, 0.4) is 0 Å². The predicted octanol–water partition coefficient (Wildman–Crippen LogP) is 3.93. The molecule has 1 heterocycles. The summed E-state index contributed by atoms with van der Waals surface area (Å²) in [5, 5.41) is 16.1. The lowest BCUT2D eigenvalue weighted by molar-refractivity contribution is 0.318. The molecule has 0 unspecified atom stereocenters. The van der Waals surface area contributed by atoms with Gasteiger partial charge in [0, 0.05) is 17.8 Å². The van der Waals surface area contributed by atoms with E-state index in [1.165, 1.54) is 16.8 Å². The Labute approximate surface area is 115 Å². The van der Waals surface area contributed by atoms with E-state index in [2.05, 4.69) is 43.4 Å². The zero-order chi connectivity index (χ0) is 14.0. The van der Waals surface area contributed by atoms with Crippen molar-refractivity contribution < 1.29 is 5.21 Å². The molecule has 1 aliphatic heterocycles. The highest BCUT2D eigenvalue weighted by Gasteiger charge is 2.28. The molecule has 2 N–H and O–H groups in total. The molecule has 19 heavy (non-hydrogen) atoms. The largest absolute Gasteiger partial charge is 0.411 e. The Hall–Kier alpha value is -1.51. The Morgan fingerprint density at radius 1 is 1.37 bits per heavy atom. The molecule has 0 aliphatic carbocycles. The van der Waals surface area contributed by atoms with Crippen LogP contribution in [0.25, 0.3) is 0 Å². The van der Waals surface area contributed by atoms with Gasteiger partial charge >= 0.3 is 0 Å². The fraction of sp³-hybridized carbons (Fsp3) is 0.562. The molecule has 0 aromatic heterocycles. The number of rotatable bonds is 3. The normalized spacial score (nSPS) is 17.8. The summed E-state index contributed by atoms with van der Waals surface area (Å²) in [5.74, 6) is 0. The van der Waals surface area contributed by atoms with Gasteiger partial charge in [0.1, 0.15) is 0 Å². The Morgan fingerprint density at radius 2 is 2.11 bits per heavy atom. The number of fused-ring (bicyclic) bond motifs is 1. The first-order valence-electron chi connectivity index (χ1n) is 7.16. The van der Waals surface area contributed by atoms with E-state index in [-0.39, 0.29) is 5.41 Å². The third-order valence-corrected chi connectivity index (χ3v) is 4.19. The number of benzene rings is 1. The van der Waals surface area contributed by atoms with Crippen LogP contribution in [-0.4, -0.2) is 17.5 Å². The van der Waals surface area contributed by atoms with Crippen LogP contribution in [-0.2, 0) is 11.8 Å². The highest BCUT2D eigenvalue weighted by molar-refractivity contribution is 6.02. The summed E-state index contributed by atoms with van der Waals surface area (Å²) in [6.07, 6.45) is 2.85. The third-order valence-electron chi connectivity index (χ3n) is 4.19. The van der Waals surface area contributed by atoms with Crippen molar-refractivity contribution in [3.63, 3.8) is 0 Å². The van der Waals surface area contributed by atoms with Crippen molar-refractivity contribution in [3.05, 3.63) is 28.8 Å². The molecule has 0 amide bonds. The van der Waals surface area contributed by atoms with Crippen LogP contribution in [0, 0.1) is 0 Å². The van der Waals surface area contributed by atoms with Crippen LogP contribution in [0.5, 0.6) is 0 Å². The molecule has 1 aliphatic rings. The van der Waals surface area contributed by atoms with Gasteiger partial charge in [-0.2, -0.15) is 0 Å². The molecule has 0 fully saturated rings. The summed E-state index contributed by atoms with van der Waals surface area (Å²) >= 11 is 0. The van der Waals surface area contributed by atoms with Gasteiger partial charge in [-0.1, -0.05) is 38.9 Å². The van der Waals surface area contributed by atoms with Gasteiger partial charge in [-0.05, 0) is 41.9 Å². The van der Waals surface area contributed by atoms with E-state index in [0.29, 0.717) is 0 Å². The smallest absolute Gasteiger partial charge is 0.0868 e. The Kier molecular flexibility index (Phi) is 3.83. The molecule has 2 rings (SSSR count). The van der Waals surface area contributed by atoms with Gasteiger partial charge in [-0.3, -0.25) is 0 Å². The van der Waals surface area contributed by atoms with Crippen molar-refractivity contribution in [2.45, 2.75) is 52.4 Å². The maximum Gasteiger partial charge on any atom is 0.0868 e. The molecule has 3 heteroatoms. The summed E-state index contributed by atoms with van der Waals surface area (Å²) in [6.45, 7) is 9.77. The van der Waals surface area contributed by atoms with E-state index in [1.807, 2.05) is 6.92 Å². The van der Waals surface area contributed by atoms with Crippen molar-refractivity contribution in [2.75, 3.05) is 11.9 Å². The lowest BCUT2D eigenvalue weighted by atomic mass is 9.76. The quantitative estimate of drug-likeness (QED) is 0.491. The van der Waals surface area contributed by atoms with Gasteiger partial charge in [0.2, 0.25) is 0 Å². The summed E-state index contributed by atoms with van der Waals surface area (Å²) in [5.41, 5.74) is 5.91. The maximum absolute atomic E-state index is 9.17. The van der Waals surface area contributed by atoms with Crippen LogP contribution in [0.1, 0.15) is 57.2 Å². The first-order chi connectivity index (χ1) is 9.03. The van der Waals surface area contributed by atoms with Crippen molar-refractivity contribution in [3.8, 4) is 0 Å². The van der Waals surface area contributed by atoms with Crippen molar-refractivity contribution in [1.82, 2.24) is 0 Å². The molecule has 1 aromatic rings. The van der Waals surface area contributed by atoms with Gasteiger partial charge in [0.15, 0.2) is 0 Å². The molecule has 1 aromatic carbocycles. The van der Waals surface area contributed by atoms with Gasteiger partial charge in [-0.15, -0.1) is 0 Å². The van der Waals surface area contributed by atoms with Gasteiger partial charge in [0.25, 0.3) is 0 Å². The Bertz CT molecular complexity index is 504. The molecule has 0 atom stereocenters. The molecule has 0 spiro atoms. The number of nitrogens with zero attached hydrogens (tertiary/aromatic N) is 1. The topological polar surface area (TPSA) is 44.6 Å². The van der Waals surface area contributed by atoms with Crippen molar-refractivity contribution in [2.24, 2.45) is 5.16 Å². The van der Waals surface area contributed by atoms with Gasteiger partial charge in [-0.25, -0.2) is 0 Å². The highest BCUT2D eigenvalue weighted by Crippen LogP contribution is 2.38. The Morgan fingerprint density at radius 3 is 2.68 bits per heavy atom. The van der Waals surface area contributed by atoms with Gasteiger partial charge < -0.3 is 10.5 Å². The minimum Gasteiger partial charge on any atom is -0.411 e. The molecule has 0 radical (unpaired) electrons. The third kappa shape index (κ3) is 2.46. The monoisotopic (exact) mass is 260 g/mol. The fourth-order valence-corrected chi connectivity index (χ4v) is 2.87. The minimum atomic E-state index is 0.214. The van der Waals surface area contributed by atoms with Crippen molar-refractivity contribution in [1.29, 1.82) is 0 Å². The lowest BCUT2D eigenvalue weighted by Crippen LogP contribution is -2.29. The summed E-state index contributed by atoms with van der Waals surface area (Å²) in [7, 11) is 0. The second kappa shape index (κ2) is 5.24. The molecule has 104 valence electrons. The van der Waals surface area contributed by atoms with Crippen LogP contribution in [0.15, 0.2) is 17.3 Å². The van der Waals surface area contributed by atoms with Crippen LogP contribution >= 0.6 is 0 Å². The van der Waals surface area contributed by atoms with E-state index in [9.17, 15) is 5.21 Å². The zero-order valence-corrected chi connectivity index (χ0v) is 12.4. The molecule has 0 saturated heterocycles. The fourth-order valence-electron chi connectivity index (χ4n) is 2.87. The average molecular weight is 260 g/mol. The predicted molar refractivity (Wildman–Crippen MR) is 80.6 cm³/mol. The van der Waals surface area contributed by atoms with Crippen LogP contribution < -0.4 is 5.32 Å². The highest BCUT2D eigenvalue weighted by atomic mass is 16.4. The van der Waals surface area contributed by atoms with E-state index >= 15 is 0 Å². The van der Waals surface area contributed by atoms with E-state index < -0.39 is 0 Å². The standard InChI is InChI=1S/C16H24N2O/c1-5-11-9-13-15(17-8-7-16(13,3)4)10-12(11)14(6-2)18-19/h9-10,17,19H,5-8H2,1-4H3/b18-14+. The molecular weight excluding hydrogens is 236 g/mol. The average Bonchev–Trinajstić information content (AvgIpc) is 2.39. The number of hydrogen-bond acceptors (Lipinski definition) is 3. The number of nitrogens with one attached hydrogen (secondary N) is 1. The Balaban J connectivity index is 2.60. The van der Waals surface area contributed by atoms with E-state index in [1.54, 1.807) is 0 Å². The number of anilines is 1. The molecule has 0 bridgehead atoms. The summed E-state index contributed by atoms with van der Waals surface area (Å²) < 4.78 is 0. The van der Waals surface area contributed by atoms with E-state index in [0.717, 1.165) is 37.1 Å². The van der Waals surface area contributed by atoms with Crippen LogP contribution in [0.4, 0.5) is 5.69 Å².